The van der Waals surface area contributed by atoms with E-state index in [9.17, 15) is 23.9 Å². The highest BCUT2D eigenvalue weighted by molar-refractivity contribution is 6.10. The summed E-state index contributed by atoms with van der Waals surface area (Å²) in [6.07, 6.45) is 3.17. The van der Waals surface area contributed by atoms with Crippen molar-refractivity contribution in [2.24, 2.45) is 5.92 Å². The fraction of sp³-hybridized carbons (Fsp3) is 0.308. The normalized spacial score (nSPS) is 14.2. The summed E-state index contributed by atoms with van der Waals surface area (Å²) in [7, 11) is 0. The van der Waals surface area contributed by atoms with Crippen molar-refractivity contribution >= 4 is 29.1 Å². The largest absolute Gasteiger partial charge is 0.396 e. The molecule has 0 spiro atoms. The minimum absolute atomic E-state index is 0.0325. The molecular formula is C26H29FN6O4. The van der Waals surface area contributed by atoms with Gasteiger partial charge in [0.2, 0.25) is 0 Å². The van der Waals surface area contributed by atoms with E-state index in [4.69, 9.17) is 0 Å². The van der Waals surface area contributed by atoms with E-state index in [1.807, 2.05) is 0 Å². The Morgan fingerprint density at radius 1 is 0.946 bits per heavy atom. The van der Waals surface area contributed by atoms with Crippen LogP contribution in [0.2, 0.25) is 0 Å². The van der Waals surface area contributed by atoms with E-state index in [1.165, 1.54) is 30.6 Å². The Bertz CT molecular complexity index is 1220. The number of carbonyl (C=O) groups is 3. The van der Waals surface area contributed by atoms with Crippen LogP contribution in [0, 0.1) is 11.7 Å². The van der Waals surface area contributed by atoms with Crippen LogP contribution in [0.15, 0.2) is 54.9 Å². The molecular weight excluding hydrogens is 479 g/mol. The number of hydrogen-bond acceptors (Lipinski definition) is 6. The summed E-state index contributed by atoms with van der Waals surface area (Å²) >= 11 is 0. The molecule has 0 unspecified atom stereocenters. The van der Waals surface area contributed by atoms with Gasteiger partial charge >= 0.3 is 0 Å². The molecule has 0 bridgehead atoms. The van der Waals surface area contributed by atoms with E-state index in [0.717, 1.165) is 25.9 Å². The van der Waals surface area contributed by atoms with Crippen molar-refractivity contribution in [1.29, 1.82) is 0 Å². The van der Waals surface area contributed by atoms with Crippen LogP contribution in [0.5, 0.6) is 0 Å². The van der Waals surface area contributed by atoms with Crippen LogP contribution in [-0.4, -0.2) is 70.5 Å². The zero-order chi connectivity index (χ0) is 26.2. The minimum atomic E-state index is -0.555. The molecule has 1 aliphatic heterocycles. The third kappa shape index (κ3) is 6.99. The number of piperidine rings is 1. The molecule has 0 aliphatic carbocycles. The first-order chi connectivity index (χ1) is 17.9. The lowest BCUT2D eigenvalue weighted by Gasteiger charge is -2.30. The predicted octanol–water partition coefficient (Wildman–Crippen LogP) is 2.49. The quantitative estimate of drug-likeness (QED) is 0.301. The van der Waals surface area contributed by atoms with Gasteiger partial charge in [-0.3, -0.25) is 14.4 Å². The molecule has 2 aromatic carbocycles. The van der Waals surface area contributed by atoms with E-state index >= 15 is 0 Å². The lowest BCUT2D eigenvalue weighted by molar-refractivity contribution is 0.0922. The fourth-order valence-corrected chi connectivity index (χ4v) is 4.08. The molecule has 2 heterocycles. The van der Waals surface area contributed by atoms with Gasteiger partial charge in [0.25, 0.3) is 17.7 Å². The number of halogens is 1. The Labute approximate surface area is 213 Å². The van der Waals surface area contributed by atoms with Crippen LogP contribution < -0.4 is 16.0 Å². The lowest BCUT2D eigenvalue weighted by Crippen LogP contribution is -2.40. The Balaban J connectivity index is 1.27. The second-order valence-electron chi connectivity index (χ2n) is 8.84. The number of benzene rings is 2. The summed E-state index contributed by atoms with van der Waals surface area (Å²) in [4.78, 5) is 46.6. The number of aromatic amines is 1. The van der Waals surface area contributed by atoms with Crippen molar-refractivity contribution < 1.29 is 23.9 Å². The molecule has 1 aliphatic rings. The van der Waals surface area contributed by atoms with E-state index in [1.54, 1.807) is 24.3 Å². The van der Waals surface area contributed by atoms with Gasteiger partial charge in [0.15, 0.2) is 5.69 Å². The Morgan fingerprint density at radius 3 is 2.19 bits per heavy atom. The zero-order valence-electron chi connectivity index (χ0n) is 20.2. The summed E-state index contributed by atoms with van der Waals surface area (Å²) in [6.45, 7) is 3.09. The maximum atomic E-state index is 13.0. The number of rotatable bonds is 9. The topological polar surface area (TPSA) is 139 Å². The van der Waals surface area contributed by atoms with Crippen molar-refractivity contribution in [1.82, 2.24) is 20.2 Å². The zero-order valence-corrected chi connectivity index (χ0v) is 20.2. The average Bonchev–Trinajstić information content (AvgIpc) is 3.41. The highest BCUT2D eigenvalue weighted by atomic mass is 19.1. The van der Waals surface area contributed by atoms with Gasteiger partial charge < -0.3 is 30.9 Å². The number of carbonyl (C=O) groups excluding carboxylic acids is 3. The summed E-state index contributed by atoms with van der Waals surface area (Å²) in [5.74, 6) is -1.44. The molecule has 3 aromatic rings. The van der Waals surface area contributed by atoms with Gasteiger partial charge in [-0.25, -0.2) is 9.37 Å². The minimum Gasteiger partial charge on any atom is -0.396 e. The molecule has 1 aromatic heterocycles. The Hall–Kier alpha value is -4.09. The van der Waals surface area contributed by atoms with Gasteiger partial charge in [-0.2, -0.15) is 0 Å². The number of nitrogens with zero attached hydrogens (tertiary/aromatic N) is 2. The summed E-state index contributed by atoms with van der Waals surface area (Å²) in [5, 5.41) is 17.5. The first-order valence-corrected chi connectivity index (χ1v) is 12.1. The number of amides is 3. The standard InChI is InChI=1S/C26H29FN6O4/c27-19-3-1-18(2-4-19)24(35)31-20-5-7-21(8-6-20)32-26(37)23-22(29-16-30-23)25(36)28-11-14-33-12-9-17(15-34)10-13-33/h1-8,16-17,34H,9-15H2,(H,28,36)(H,29,30)(H,31,35)(H,32,37). The van der Waals surface area contributed by atoms with E-state index in [0.29, 0.717) is 35.9 Å². The number of aliphatic hydroxyl groups is 1. The number of aromatic nitrogens is 2. The smallest absolute Gasteiger partial charge is 0.276 e. The highest BCUT2D eigenvalue weighted by Crippen LogP contribution is 2.17. The monoisotopic (exact) mass is 508 g/mol. The van der Waals surface area contributed by atoms with Gasteiger partial charge in [-0.1, -0.05) is 0 Å². The first-order valence-electron chi connectivity index (χ1n) is 12.1. The Morgan fingerprint density at radius 2 is 1.57 bits per heavy atom. The summed E-state index contributed by atoms with van der Waals surface area (Å²) < 4.78 is 13.0. The molecule has 1 saturated heterocycles. The lowest BCUT2D eigenvalue weighted by atomic mass is 9.98. The van der Waals surface area contributed by atoms with Crippen LogP contribution in [0.4, 0.5) is 15.8 Å². The molecule has 10 nitrogen and oxygen atoms in total. The van der Waals surface area contributed by atoms with Crippen LogP contribution in [0.1, 0.15) is 44.2 Å². The second kappa shape index (κ2) is 12.2. The van der Waals surface area contributed by atoms with E-state index in [2.05, 4.69) is 30.8 Å². The van der Waals surface area contributed by atoms with Crippen LogP contribution in [0.3, 0.4) is 0 Å². The summed E-state index contributed by atoms with van der Waals surface area (Å²) in [6, 6.07) is 11.6. The van der Waals surface area contributed by atoms with Gasteiger partial charge in [0, 0.05) is 36.6 Å². The molecule has 0 atom stereocenters. The molecule has 11 heteroatoms. The summed E-state index contributed by atoms with van der Waals surface area (Å²) in [5.41, 5.74) is 1.29. The second-order valence-corrected chi connectivity index (χ2v) is 8.84. The number of likely N-dealkylation sites (tertiary alicyclic amines) is 1. The first kappa shape index (κ1) is 26.0. The molecule has 5 N–H and O–H groups in total. The number of anilines is 2. The molecule has 37 heavy (non-hydrogen) atoms. The molecule has 1 fully saturated rings. The maximum Gasteiger partial charge on any atom is 0.276 e. The van der Waals surface area contributed by atoms with Gasteiger partial charge in [-0.15, -0.1) is 0 Å². The number of nitrogens with one attached hydrogen (secondary N) is 4. The molecule has 194 valence electrons. The predicted molar refractivity (Wildman–Crippen MR) is 136 cm³/mol. The fourth-order valence-electron chi connectivity index (χ4n) is 4.08. The maximum absolute atomic E-state index is 13.0. The highest BCUT2D eigenvalue weighted by Gasteiger charge is 2.22. The molecule has 4 rings (SSSR count). The molecule has 0 radical (unpaired) electrons. The van der Waals surface area contributed by atoms with Crippen molar-refractivity contribution in [2.45, 2.75) is 12.8 Å². The van der Waals surface area contributed by atoms with Crippen molar-refractivity contribution in [3.05, 3.63) is 77.6 Å². The van der Waals surface area contributed by atoms with Gasteiger partial charge in [0.05, 0.1) is 6.33 Å². The van der Waals surface area contributed by atoms with Crippen LogP contribution in [0.25, 0.3) is 0 Å². The van der Waals surface area contributed by atoms with Gasteiger partial charge in [0.1, 0.15) is 11.5 Å². The molecule has 3 amide bonds. The number of aliphatic hydroxyl groups excluding tert-OH is 1. The Kier molecular flexibility index (Phi) is 8.60. The van der Waals surface area contributed by atoms with Crippen LogP contribution in [-0.2, 0) is 0 Å². The van der Waals surface area contributed by atoms with Crippen molar-refractivity contribution in [3.8, 4) is 0 Å². The van der Waals surface area contributed by atoms with Crippen molar-refractivity contribution in [2.75, 3.05) is 43.4 Å². The third-order valence-electron chi connectivity index (χ3n) is 6.27. The van der Waals surface area contributed by atoms with E-state index in [-0.39, 0.29) is 18.0 Å². The third-order valence-corrected chi connectivity index (χ3v) is 6.27. The van der Waals surface area contributed by atoms with Crippen LogP contribution >= 0.6 is 0 Å². The van der Waals surface area contributed by atoms with Gasteiger partial charge in [-0.05, 0) is 80.4 Å². The van der Waals surface area contributed by atoms with E-state index < -0.39 is 23.5 Å². The number of imidazole rings is 1. The average molecular weight is 509 g/mol. The molecule has 0 saturated carbocycles. The SMILES string of the molecule is O=C(Nc1ccc(NC(=O)c2nc[nH]c2C(=O)NCCN2CCC(CO)CC2)cc1)c1ccc(F)cc1. The van der Waals surface area contributed by atoms with Crippen molar-refractivity contribution in [3.63, 3.8) is 0 Å². The number of hydrogen-bond donors (Lipinski definition) is 5. The number of H-pyrrole nitrogens is 1.